The van der Waals surface area contributed by atoms with Crippen molar-refractivity contribution in [2.24, 2.45) is 11.8 Å². The first-order valence-electron chi connectivity index (χ1n) is 3.31. The van der Waals surface area contributed by atoms with Crippen LogP contribution in [0.4, 0.5) is 8.78 Å². The summed E-state index contributed by atoms with van der Waals surface area (Å²) in [5.74, 6) is -2.92. The van der Waals surface area contributed by atoms with Crippen molar-refractivity contribution in [3.8, 4) is 0 Å². The van der Waals surface area contributed by atoms with E-state index in [0.717, 1.165) is 6.54 Å². The molecular weight excluding hydrogens is 124 g/mol. The normalized spacial score (nSPS) is 46.0. The second kappa shape index (κ2) is 1.45. The van der Waals surface area contributed by atoms with Gasteiger partial charge in [-0.25, -0.2) is 8.78 Å². The summed E-state index contributed by atoms with van der Waals surface area (Å²) in [6.45, 7) is 1.30. The molecule has 1 saturated heterocycles. The average Bonchev–Trinajstić information content (AvgIpc) is 2.39. The number of piperidine rings is 1. The number of rotatable bonds is 0. The molecule has 1 aliphatic heterocycles. The first-order chi connectivity index (χ1) is 4.23. The molecule has 2 fully saturated rings. The van der Waals surface area contributed by atoms with E-state index in [9.17, 15) is 8.78 Å². The van der Waals surface area contributed by atoms with Gasteiger partial charge in [0.05, 0.1) is 0 Å². The Morgan fingerprint density at radius 2 is 2.11 bits per heavy atom. The molecule has 1 saturated carbocycles. The monoisotopic (exact) mass is 133 g/mol. The fourth-order valence-corrected chi connectivity index (χ4v) is 1.65. The van der Waals surface area contributed by atoms with Crippen LogP contribution in [0.3, 0.4) is 0 Å². The molecule has 0 amide bonds. The van der Waals surface area contributed by atoms with E-state index >= 15 is 0 Å². The summed E-state index contributed by atoms with van der Waals surface area (Å²) in [4.78, 5) is 0. The average molecular weight is 133 g/mol. The van der Waals surface area contributed by atoms with Crippen LogP contribution in [0.5, 0.6) is 0 Å². The van der Waals surface area contributed by atoms with Crippen molar-refractivity contribution in [2.45, 2.75) is 12.3 Å². The second-order valence-electron chi connectivity index (χ2n) is 2.88. The predicted molar refractivity (Wildman–Crippen MR) is 29.4 cm³/mol. The standard InChI is InChI=1S/C6H9F2N/c7-6(8)4-1-2-9-3-5(4)6/h4-5,9H,1-3H2/t4-,5+/m1/s1. The van der Waals surface area contributed by atoms with E-state index in [1.165, 1.54) is 0 Å². The topological polar surface area (TPSA) is 12.0 Å². The lowest BCUT2D eigenvalue weighted by molar-refractivity contribution is 0.0868. The molecule has 2 aliphatic rings. The highest BCUT2D eigenvalue weighted by molar-refractivity contribution is 5.08. The molecule has 1 nitrogen and oxygen atoms in total. The zero-order valence-corrected chi connectivity index (χ0v) is 5.03. The Morgan fingerprint density at radius 3 is 2.56 bits per heavy atom. The van der Waals surface area contributed by atoms with Crippen molar-refractivity contribution < 1.29 is 8.78 Å². The van der Waals surface area contributed by atoms with Crippen molar-refractivity contribution in [1.82, 2.24) is 5.32 Å². The number of halogens is 2. The van der Waals surface area contributed by atoms with Crippen molar-refractivity contribution in [3.05, 3.63) is 0 Å². The number of alkyl halides is 2. The number of hydrogen-bond acceptors (Lipinski definition) is 1. The summed E-state index contributed by atoms with van der Waals surface area (Å²) >= 11 is 0. The fourth-order valence-electron chi connectivity index (χ4n) is 1.65. The van der Waals surface area contributed by atoms with Gasteiger partial charge in [0.15, 0.2) is 0 Å². The molecule has 1 aliphatic carbocycles. The summed E-state index contributed by atoms with van der Waals surface area (Å²) in [5.41, 5.74) is 0. The highest BCUT2D eigenvalue weighted by atomic mass is 19.3. The van der Waals surface area contributed by atoms with E-state index < -0.39 is 5.92 Å². The van der Waals surface area contributed by atoms with Gasteiger partial charge in [-0.3, -0.25) is 0 Å². The number of hydrogen-bond donors (Lipinski definition) is 1. The van der Waals surface area contributed by atoms with E-state index in [1.807, 2.05) is 0 Å². The van der Waals surface area contributed by atoms with Gasteiger partial charge < -0.3 is 5.32 Å². The van der Waals surface area contributed by atoms with Gasteiger partial charge in [0.25, 0.3) is 5.92 Å². The Hall–Kier alpha value is -0.180. The molecule has 0 aromatic heterocycles. The highest BCUT2D eigenvalue weighted by Crippen LogP contribution is 2.57. The van der Waals surface area contributed by atoms with Gasteiger partial charge >= 0.3 is 0 Å². The van der Waals surface area contributed by atoms with E-state index in [1.54, 1.807) is 0 Å². The highest BCUT2D eigenvalue weighted by Gasteiger charge is 2.67. The SMILES string of the molecule is FC1(F)[C@@H]2CCNC[C@@H]21. The maximum absolute atomic E-state index is 12.5. The predicted octanol–water partition coefficient (Wildman–Crippen LogP) is 0.861. The van der Waals surface area contributed by atoms with E-state index in [-0.39, 0.29) is 11.8 Å². The zero-order chi connectivity index (χ0) is 6.48. The Bertz CT molecular complexity index is 121. The lowest BCUT2D eigenvalue weighted by atomic mass is 10.2. The van der Waals surface area contributed by atoms with Gasteiger partial charge in [-0.2, -0.15) is 0 Å². The van der Waals surface area contributed by atoms with Gasteiger partial charge in [-0.1, -0.05) is 0 Å². The van der Waals surface area contributed by atoms with Crippen LogP contribution in [0.25, 0.3) is 0 Å². The molecule has 9 heavy (non-hydrogen) atoms. The molecule has 1 N–H and O–H groups in total. The van der Waals surface area contributed by atoms with E-state index in [2.05, 4.69) is 5.32 Å². The van der Waals surface area contributed by atoms with Crippen LogP contribution < -0.4 is 5.32 Å². The lowest BCUT2D eigenvalue weighted by Crippen LogP contribution is -2.23. The Labute approximate surface area is 52.4 Å². The molecule has 0 aromatic carbocycles. The van der Waals surface area contributed by atoms with Gasteiger partial charge in [-0.15, -0.1) is 0 Å². The van der Waals surface area contributed by atoms with Crippen LogP contribution in [-0.2, 0) is 0 Å². The molecule has 52 valence electrons. The van der Waals surface area contributed by atoms with Gasteiger partial charge in [-0.05, 0) is 13.0 Å². The molecule has 1 heterocycles. The third-order valence-electron chi connectivity index (χ3n) is 2.36. The number of nitrogens with one attached hydrogen (secondary N) is 1. The van der Waals surface area contributed by atoms with Crippen LogP contribution in [0.2, 0.25) is 0 Å². The van der Waals surface area contributed by atoms with Crippen molar-refractivity contribution in [3.63, 3.8) is 0 Å². The van der Waals surface area contributed by atoms with Crippen molar-refractivity contribution in [2.75, 3.05) is 13.1 Å². The summed E-state index contributed by atoms with van der Waals surface area (Å²) in [6.07, 6.45) is 0.664. The first-order valence-corrected chi connectivity index (χ1v) is 3.31. The molecule has 2 rings (SSSR count). The summed E-state index contributed by atoms with van der Waals surface area (Å²) in [5, 5.41) is 2.95. The van der Waals surface area contributed by atoms with Crippen LogP contribution in [0, 0.1) is 11.8 Å². The summed E-state index contributed by atoms with van der Waals surface area (Å²) in [6, 6.07) is 0. The molecule has 0 radical (unpaired) electrons. The van der Waals surface area contributed by atoms with Crippen LogP contribution in [0.1, 0.15) is 6.42 Å². The third kappa shape index (κ3) is 0.611. The zero-order valence-electron chi connectivity index (χ0n) is 5.03. The van der Waals surface area contributed by atoms with Gasteiger partial charge in [0, 0.05) is 18.4 Å². The minimum absolute atomic E-state index is 0.279. The smallest absolute Gasteiger partial charge is 0.255 e. The van der Waals surface area contributed by atoms with Crippen LogP contribution in [-0.4, -0.2) is 19.0 Å². The Balaban J connectivity index is 2.06. The molecule has 0 aromatic rings. The third-order valence-corrected chi connectivity index (χ3v) is 2.36. The van der Waals surface area contributed by atoms with Crippen LogP contribution >= 0.6 is 0 Å². The molecular formula is C6H9F2N. The second-order valence-corrected chi connectivity index (χ2v) is 2.88. The number of fused-ring (bicyclic) bond motifs is 1. The van der Waals surface area contributed by atoms with Gasteiger partial charge in [0.1, 0.15) is 0 Å². The maximum Gasteiger partial charge on any atom is 0.255 e. The van der Waals surface area contributed by atoms with Crippen LogP contribution in [0.15, 0.2) is 0 Å². The van der Waals surface area contributed by atoms with Crippen molar-refractivity contribution in [1.29, 1.82) is 0 Å². The molecule has 0 bridgehead atoms. The Kier molecular flexibility index (Phi) is 0.903. The van der Waals surface area contributed by atoms with E-state index in [4.69, 9.17) is 0 Å². The first kappa shape index (κ1) is 5.59. The largest absolute Gasteiger partial charge is 0.316 e. The molecule has 0 unspecified atom stereocenters. The van der Waals surface area contributed by atoms with Crippen molar-refractivity contribution >= 4 is 0 Å². The summed E-state index contributed by atoms with van der Waals surface area (Å²) in [7, 11) is 0. The maximum atomic E-state index is 12.5. The quantitative estimate of drug-likeness (QED) is 0.516. The fraction of sp³-hybridized carbons (Fsp3) is 1.00. The molecule has 3 heteroatoms. The summed E-state index contributed by atoms with van der Waals surface area (Å²) < 4.78 is 24.9. The molecule has 0 spiro atoms. The van der Waals surface area contributed by atoms with Gasteiger partial charge in [0.2, 0.25) is 0 Å². The molecule has 2 atom stereocenters. The minimum Gasteiger partial charge on any atom is -0.316 e. The van der Waals surface area contributed by atoms with E-state index in [0.29, 0.717) is 13.0 Å². The lowest BCUT2D eigenvalue weighted by Gasteiger charge is -2.05. The minimum atomic E-state index is -2.32. The Morgan fingerprint density at radius 1 is 1.33 bits per heavy atom.